The highest BCUT2D eigenvalue weighted by molar-refractivity contribution is 9.10. The van der Waals surface area contributed by atoms with Crippen LogP contribution in [0, 0.1) is 20.8 Å². The Bertz CT molecular complexity index is 619. The first-order valence-electron chi connectivity index (χ1n) is 6.87. The molecule has 20 heavy (non-hydrogen) atoms. The summed E-state index contributed by atoms with van der Waals surface area (Å²) >= 11 is 3.39. The molecule has 108 valence electrons. The molecule has 4 nitrogen and oxygen atoms in total. The smallest absolute Gasteiger partial charge is 0.106 e. The Morgan fingerprint density at radius 1 is 1.25 bits per heavy atom. The highest BCUT2D eigenvalue weighted by Gasteiger charge is 2.17. The predicted molar refractivity (Wildman–Crippen MR) is 86.1 cm³/mol. The molecule has 1 atom stereocenters. The summed E-state index contributed by atoms with van der Waals surface area (Å²) in [6.07, 6.45) is 0. The molecule has 0 saturated heterocycles. The van der Waals surface area contributed by atoms with E-state index >= 15 is 0 Å². The number of halogens is 1. The van der Waals surface area contributed by atoms with Crippen LogP contribution in [0.15, 0.2) is 16.7 Å². The van der Waals surface area contributed by atoms with Gasteiger partial charge in [0.2, 0.25) is 0 Å². The SMILES string of the molecule is CCn1nc(C)c(C(C)Nc2ccc(Br)nc2C)c1C. The fourth-order valence-corrected chi connectivity index (χ4v) is 3.03. The highest BCUT2D eigenvalue weighted by Crippen LogP contribution is 2.26. The van der Waals surface area contributed by atoms with E-state index in [1.54, 1.807) is 0 Å². The number of nitrogens with zero attached hydrogens (tertiary/aromatic N) is 3. The van der Waals surface area contributed by atoms with Crippen LogP contribution in [0.1, 0.15) is 42.5 Å². The summed E-state index contributed by atoms with van der Waals surface area (Å²) in [5.74, 6) is 0. The van der Waals surface area contributed by atoms with Gasteiger partial charge in [-0.3, -0.25) is 4.68 Å². The first-order valence-corrected chi connectivity index (χ1v) is 7.67. The molecule has 5 heteroatoms. The zero-order valence-corrected chi connectivity index (χ0v) is 14.2. The molecule has 0 fully saturated rings. The second-order valence-corrected chi connectivity index (χ2v) is 5.85. The van der Waals surface area contributed by atoms with Gasteiger partial charge in [-0.05, 0) is 62.7 Å². The number of rotatable bonds is 4. The summed E-state index contributed by atoms with van der Waals surface area (Å²) in [6.45, 7) is 11.4. The van der Waals surface area contributed by atoms with Gasteiger partial charge in [-0.25, -0.2) is 4.98 Å². The molecule has 0 aliphatic heterocycles. The highest BCUT2D eigenvalue weighted by atomic mass is 79.9. The molecule has 2 aromatic rings. The van der Waals surface area contributed by atoms with Crippen LogP contribution in [0.5, 0.6) is 0 Å². The van der Waals surface area contributed by atoms with Crippen molar-refractivity contribution < 1.29 is 0 Å². The number of anilines is 1. The second-order valence-electron chi connectivity index (χ2n) is 5.03. The Hall–Kier alpha value is -1.36. The number of aromatic nitrogens is 3. The van der Waals surface area contributed by atoms with Crippen molar-refractivity contribution in [2.75, 3.05) is 5.32 Å². The molecule has 0 spiro atoms. The van der Waals surface area contributed by atoms with Crippen molar-refractivity contribution >= 4 is 21.6 Å². The molecule has 2 aromatic heterocycles. The van der Waals surface area contributed by atoms with Crippen LogP contribution < -0.4 is 5.32 Å². The third-order valence-electron chi connectivity index (χ3n) is 3.59. The van der Waals surface area contributed by atoms with Crippen molar-refractivity contribution in [3.63, 3.8) is 0 Å². The molecule has 0 aliphatic rings. The normalized spacial score (nSPS) is 12.5. The van der Waals surface area contributed by atoms with E-state index in [4.69, 9.17) is 0 Å². The molecule has 0 aliphatic carbocycles. The monoisotopic (exact) mass is 336 g/mol. The van der Waals surface area contributed by atoms with Gasteiger partial charge >= 0.3 is 0 Å². The number of pyridine rings is 1. The zero-order valence-electron chi connectivity index (χ0n) is 12.7. The summed E-state index contributed by atoms with van der Waals surface area (Å²) < 4.78 is 2.91. The van der Waals surface area contributed by atoms with Crippen LogP contribution in [-0.4, -0.2) is 14.8 Å². The van der Waals surface area contributed by atoms with Crippen LogP contribution in [0.2, 0.25) is 0 Å². The van der Waals surface area contributed by atoms with Crippen molar-refractivity contribution in [1.29, 1.82) is 0 Å². The first-order chi connectivity index (χ1) is 9.43. The topological polar surface area (TPSA) is 42.7 Å². The van der Waals surface area contributed by atoms with E-state index in [9.17, 15) is 0 Å². The lowest BCUT2D eigenvalue weighted by atomic mass is 10.1. The Balaban J connectivity index is 2.28. The molecule has 0 amide bonds. The Morgan fingerprint density at radius 2 is 1.95 bits per heavy atom. The lowest BCUT2D eigenvalue weighted by molar-refractivity contribution is 0.632. The van der Waals surface area contributed by atoms with Crippen LogP contribution in [0.3, 0.4) is 0 Å². The van der Waals surface area contributed by atoms with Crippen molar-refractivity contribution in [3.8, 4) is 0 Å². The van der Waals surface area contributed by atoms with Gasteiger partial charge in [-0.2, -0.15) is 5.10 Å². The van der Waals surface area contributed by atoms with E-state index in [2.05, 4.69) is 69.8 Å². The summed E-state index contributed by atoms with van der Waals surface area (Å²) in [5, 5.41) is 8.12. The molecular formula is C15H21BrN4. The maximum atomic E-state index is 4.58. The van der Waals surface area contributed by atoms with E-state index in [0.717, 1.165) is 28.2 Å². The third-order valence-corrected chi connectivity index (χ3v) is 4.04. The Morgan fingerprint density at radius 3 is 2.50 bits per heavy atom. The fourth-order valence-electron chi connectivity index (χ4n) is 2.63. The van der Waals surface area contributed by atoms with E-state index in [0.29, 0.717) is 0 Å². The quantitative estimate of drug-likeness (QED) is 0.852. The predicted octanol–water partition coefficient (Wildman–Crippen LogP) is 4.16. The molecule has 2 heterocycles. The number of aryl methyl sites for hydroxylation is 3. The molecule has 0 radical (unpaired) electrons. The molecule has 2 rings (SSSR count). The van der Waals surface area contributed by atoms with Gasteiger partial charge in [-0.15, -0.1) is 0 Å². The Labute approximate surface area is 128 Å². The summed E-state index contributed by atoms with van der Waals surface area (Å²) in [6, 6.07) is 4.21. The molecule has 1 unspecified atom stereocenters. The van der Waals surface area contributed by atoms with Crippen LogP contribution in [0.25, 0.3) is 0 Å². The van der Waals surface area contributed by atoms with E-state index in [-0.39, 0.29) is 6.04 Å². The van der Waals surface area contributed by atoms with Gasteiger partial charge in [0.1, 0.15) is 4.60 Å². The van der Waals surface area contributed by atoms with Crippen LogP contribution >= 0.6 is 15.9 Å². The van der Waals surface area contributed by atoms with Gasteiger partial charge < -0.3 is 5.32 Å². The standard InChI is InChI=1S/C15H21BrN4/c1-6-20-12(5)15(11(4)19-20)10(3)17-13-7-8-14(16)18-9(13)2/h7-8,10,17H,6H2,1-5H3. The lowest BCUT2D eigenvalue weighted by Gasteiger charge is -2.17. The first kappa shape index (κ1) is 15.0. The summed E-state index contributed by atoms with van der Waals surface area (Å²) in [5.41, 5.74) is 5.64. The molecule has 0 saturated carbocycles. The van der Waals surface area contributed by atoms with Crippen molar-refractivity contribution in [3.05, 3.63) is 39.4 Å². The largest absolute Gasteiger partial charge is 0.377 e. The van der Waals surface area contributed by atoms with Gasteiger partial charge in [-0.1, -0.05) is 0 Å². The maximum Gasteiger partial charge on any atom is 0.106 e. The minimum absolute atomic E-state index is 0.206. The van der Waals surface area contributed by atoms with E-state index in [1.165, 1.54) is 11.3 Å². The van der Waals surface area contributed by atoms with Crippen LogP contribution in [0.4, 0.5) is 5.69 Å². The zero-order chi connectivity index (χ0) is 14.9. The average Bonchev–Trinajstić information content (AvgIpc) is 2.67. The maximum absolute atomic E-state index is 4.58. The lowest BCUT2D eigenvalue weighted by Crippen LogP contribution is -2.10. The van der Waals surface area contributed by atoms with Crippen molar-refractivity contribution in [2.45, 2.75) is 47.2 Å². The van der Waals surface area contributed by atoms with Gasteiger partial charge in [0.25, 0.3) is 0 Å². The number of hydrogen-bond acceptors (Lipinski definition) is 3. The molecular weight excluding hydrogens is 316 g/mol. The van der Waals surface area contributed by atoms with E-state index < -0.39 is 0 Å². The van der Waals surface area contributed by atoms with Gasteiger partial charge in [0.15, 0.2) is 0 Å². The fraction of sp³-hybridized carbons (Fsp3) is 0.467. The summed E-state index contributed by atoms with van der Waals surface area (Å²) in [4.78, 5) is 4.42. The van der Waals surface area contributed by atoms with E-state index in [1.807, 2.05) is 13.0 Å². The van der Waals surface area contributed by atoms with Gasteiger partial charge in [0.05, 0.1) is 23.1 Å². The van der Waals surface area contributed by atoms with Crippen LogP contribution in [-0.2, 0) is 6.54 Å². The third kappa shape index (κ3) is 2.87. The minimum Gasteiger partial charge on any atom is -0.377 e. The minimum atomic E-state index is 0.206. The Kier molecular flexibility index (Phi) is 4.48. The van der Waals surface area contributed by atoms with Crippen molar-refractivity contribution in [1.82, 2.24) is 14.8 Å². The molecule has 0 bridgehead atoms. The average molecular weight is 337 g/mol. The van der Waals surface area contributed by atoms with Gasteiger partial charge in [0, 0.05) is 17.8 Å². The second kappa shape index (κ2) is 5.95. The molecule has 1 N–H and O–H groups in total. The summed E-state index contributed by atoms with van der Waals surface area (Å²) in [7, 11) is 0. The number of hydrogen-bond donors (Lipinski definition) is 1. The number of nitrogens with one attached hydrogen (secondary N) is 1. The van der Waals surface area contributed by atoms with Crippen molar-refractivity contribution in [2.24, 2.45) is 0 Å². The molecule has 0 aromatic carbocycles.